The van der Waals surface area contributed by atoms with E-state index in [9.17, 15) is 14.4 Å². The number of rotatable bonds is 5. The van der Waals surface area contributed by atoms with Crippen molar-refractivity contribution in [3.05, 3.63) is 77.1 Å². The van der Waals surface area contributed by atoms with E-state index in [0.29, 0.717) is 16.9 Å². The molecule has 0 atom stereocenters. The Morgan fingerprint density at radius 2 is 1.61 bits per heavy atom. The monoisotopic (exact) mass is 420 g/mol. The van der Waals surface area contributed by atoms with Crippen molar-refractivity contribution in [1.82, 2.24) is 20.3 Å². The number of ether oxygens (including phenoxy) is 1. The molecule has 160 valence electrons. The van der Waals surface area contributed by atoms with Crippen LogP contribution >= 0.6 is 0 Å². The van der Waals surface area contributed by atoms with E-state index in [1.165, 1.54) is 4.80 Å². The molecule has 0 spiro atoms. The second kappa shape index (κ2) is 8.91. The van der Waals surface area contributed by atoms with Gasteiger partial charge in [-0.1, -0.05) is 51.1 Å². The Balaban J connectivity index is 1.56. The molecule has 1 N–H and O–H groups in total. The third-order valence-electron chi connectivity index (χ3n) is 4.56. The standard InChI is InChI=1S/C23H24N4O4/c1-15-20(26-27(25-15)18-8-6-5-7-9-18)22(30)31-14-19(28)24-21(29)16-10-12-17(13-11-16)23(2,3)4/h5-13H,14H2,1-4H3,(H,24,28,29). The highest BCUT2D eigenvalue weighted by molar-refractivity contribution is 6.05. The van der Waals surface area contributed by atoms with Crippen molar-refractivity contribution in [2.45, 2.75) is 33.1 Å². The maximum atomic E-state index is 12.3. The van der Waals surface area contributed by atoms with E-state index in [0.717, 1.165) is 5.56 Å². The average molecular weight is 420 g/mol. The third kappa shape index (κ3) is 5.42. The molecule has 0 aliphatic carbocycles. The van der Waals surface area contributed by atoms with Gasteiger partial charge in [0.2, 0.25) is 0 Å². The van der Waals surface area contributed by atoms with Gasteiger partial charge in [-0.3, -0.25) is 14.9 Å². The van der Waals surface area contributed by atoms with E-state index in [1.54, 1.807) is 31.2 Å². The molecule has 0 aliphatic rings. The Labute approximate surface area is 180 Å². The predicted molar refractivity (Wildman–Crippen MR) is 114 cm³/mol. The molecule has 0 fully saturated rings. The van der Waals surface area contributed by atoms with Gasteiger partial charge >= 0.3 is 5.97 Å². The lowest BCUT2D eigenvalue weighted by molar-refractivity contribution is -0.123. The molecule has 1 aromatic heterocycles. The highest BCUT2D eigenvalue weighted by Crippen LogP contribution is 2.22. The molecule has 2 amide bonds. The molecule has 0 saturated carbocycles. The molecule has 2 aromatic carbocycles. The molecule has 1 heterocycles. The van der Waals surface area contributed by atoms with Crippen LogP contribution in [0.5, 0.6) is 0 Å². The minimum Gasteiger partial charge on any atom is -0.451 e. The molecular formula is C23H24N4O4. The summed E-state index contributed by atoms with van der Waals surface area (Å²) in [4.78, 5) is 37.9. The summed E-state index contributed by atoms with van der Waals surface area (Å²) < 4.78 is 5.00. The van der Waals surface area contributed by atoms with Gasteiger partial charge < -0.3 is 4.74 Å². The predicted octanol–water partition coefficient (Wildman–Crippen LogP) is 2.99. The molecule has 0 unspecified atom stereocenters. The zero-order valence-corrected chi connectivity index (χ0v) is 17.9. The summed E-state index contributed by atoms with van der Waals surface area (Å²) in [5.74, 6) is -2.09. The number of benzene rings is 2. The van der Waals surface area contributed by atoms with E-state index in [4.69, 9.17) is 4.74 Å². The highest BCUT2D eigenvalue weighted by Gasteiger charge is 2.20. The fraction of sp³-hybridized carbons (Fsp3) is 0.261. The van der Waals surface area contributed by atoms with Gasteiger partial charge in [-0.15, -0.1) is 5.10 Å². The maximum Gasteiger partial charge on any atom is 0.361 e. The van der Waals surface area contributed by atoms with Crippen LogP contribution in [0.4, 0.5) is 0 Å². The van der Waals surface area contributed by atoms with Crippen molar-refractivity contribution in [3.8, 4) is 5.69 Å². The number of imide groups is 1. The SMILES string of the molecule is Cc1nn(-c2ccccc2)nc1C(=O)OCC(=O)NC(=O)c1ccc(C(C)(C)C)cc1. The largest absolute Gasteiger partial charge is 0.451 e. The van der Waals surface area contributed by atoms with E-state index < -0.39 is 24.4 Å². The van der Waals surface area contributed by atoms with Crippen LogP contribution in [-0.4, -0.2) is 39.4 Å². The zero-order valence-electron chi connectivity index (χ0n) is 17.9. The number of hydrogen-bond acceptors (Lipinski definition) is 6. The molecule has 3 rings (SSSR count). The zero-order chi connectivity index (χ0) is 22.6. The van der Waals surface area contributed by atoms with Crippen molar-refractivity contribution in [2.24, 2.45) is 0 Å². The summed E-state index contributed by atoms with van der Waals surface area (Å²) in [7, 11) is 0. The van der Waals surface area contributed by atoms with Crippen molar-refractivity contribution < 1.29 is 19.1 Å². The normalized spacial score (nSPS) is 11.1. The van der Waals surface area contributed by atoms with Gasteiger partial charge in [-0.2, -0.15) is 9.90 Å². The molecule has 8 nitrogen and oxygen atoms in total. The number of amides is 2. The van der Waals surface area contributed by atoms with Gasteiger partial charge in [0.1, 0.15) is 0 Å². The summed E-state index contributed by atoms with van der Waals surface area (Å²) in [5.41, 5.74) is 2.42. The Kier molecular flexibility index (Phi) is 6.29. The van der Waals surface area contributed by atoms with Gasteiger partial charge in [-0.05, 0) is 42.2 Å². The van der Waals surface area contributed by atoms with Crippen molar-refractivity contribution in [1.29, 1.82) is 0 Å². The van der Waals surface area contributed by atoms with Crippen molar-refractivity contribution in [3.63, 3.8) is 0 Å². The summed E-state index contributed by atoms with van der Waals surface area (Å²) in [6.07, 6.45) is 0. The van der Waals surface area contributed by atoms with Gasteiger partial charge in [0.15, 0.2) is 12.3 Å². The number of nitrogens with zero attached hydrogens (tertiary/aromatic N) is 3. The molecule has 0 radical (unpaired) electrons. The van der Waals surface area contributed by atoms with E-state index >= 15 is 0 Å². The number of nitrogens with one attached hydrogen (secondary N) is 1. The maximum absolute atomic E-state index is 12.3. The Hall–Kier alpha value is -3.81. The lowest BCUT2D eigenvalue weighted by Gasteiger charge is -2.18. The first-order valence-electron chi connectivity index (χ1n) is 9.76. The minimum absolute atomic E-state index is 0.000693. The first-order chi connectivity index (χ1) is 14.6. The lowest BCUT2D eigenvalue weighted by Crippen LogP contribution is -2.34. The van der Waals surface area contributed by atoms with Crippen LogP contribution < -0.4 is 5.32 Å². The molecule has 8 heteroatoms. The second-order valence-electron chi connectivity index (χ2n) is 8.04. The van der Waals surface area contributed by atoms with Crippen LogP contribution in [0.25, 0.3) is 5.69 Å². The number of carbonyl (C=O) groups is 3. The summed E-state index contributed by atoms with van der Waals surface area (Å²) >= 11 is 0. The molecule has 31 heavy (non-hydrogen) atoms. The van der Waals surface area contributed by atoms with Crippen LogP contribution in [0, 0.1) is 6.92 Å². The number of aryl methyl sites for hydroxylation is 1. The third-order valence-corrected chi connectivity index (χ3v) is 4.56. The quantitative estimate of drug-likeness (QED) is 0.637. The van der Waals surface area contributed by atoms with Gasteiger partial charge in [0.25, 0.3) is 11.8 Å². The van der Waals surface area contributed by atoms with Crippen LogP contribution in [0.3, 0.4) is 0 Å². The summed E-state index contributed by atoms with van der Waals surface area (Å²) in [6.45, 7) is 7.22. The van der Waals surface area contributed by atoms with Crippen molar-refractivity contribution >= 4 is 17.8 Å². The summed E-state index contributed by atoms with van der Waals surface area (Å²) in [5, 5.41) is 10.5. The van der Waals surface area contributed by atoms with Gasteiger partial charge in [0, 0.05) is 5.56 Å². The lowest BCUT2D eigenvalue weighted by atomic mass is 9.87. The average Bonchev–Trinajstić information content (AvgIpc) is 3.14. The van der Waals surface area contributed by atoms with Crippen LogP contribution in [0.15, 0.2) is 54.6 Å². The highest BCUT2D eigenvalue weighted by atomic mass is 16.5. The van der Waals surface area contributed by atoms with E-state index in [2.05, 4.69) is 36.3 Å². The first kappa shape index (κ1) is 21.9. The van der Waals surface area contributed by atoms with E-state index in [-0.39, 0.29) is 11.1 Å². The fourth-order valence-electron chi connectivity index (χ4n) is 2.80. The Bertz CT molecular complexity index is 1100. The van der Waals surface area contributed by atoms with Gasteiger partial charge in [-0.25, -0.2) is 4.79 Å². The molecule has 0 bridgehead atoms. The number of hydrogen-bond donors (Lipinski definition) is 1. The molecule has 0 aliphatic heterocycles. The number of aromatic nitrogens is 3. The van der Waals surface area contributed by atoms with E-state index in [1.807, 2.05) is 30.3 Å². The fourth-order valence-corrected chi connectivity index (χ4v) is 2.80. The molecule has 3 aromatic rings. The smallest absolute Gasteiger partial charge is 0.361 e. The minimum atomic E-state index is -0.795. The van der Waals surface area contributed by atoms with Gasteiger partial charge in [0.05, 0.1) is 11.4 Å². The number of esters is 1. The molecular weight excluding hydrogens is 396 g/mol. The Morgan fingerprint density at radius 1 is 0.968 bits per heavy atom. The second-order valence-corrected chi connectivity index (χ2v) is 8.04. The number of carbonyl (C=O) groups excluding carboxylic acids is 3. The van der Waals surface area contributed by atoms with Crippen LogP contribution in [0.2, 0.25) is 0 Å². The number of para-hydroxylation sites is 1. The summed E-state index contributed by atoms with van der Waals surface area (Å²) in [6, 6.07) is 16.1. The van der Waals surface area contributed by atoms with Crippen LogP contribution in [0.1, 0.15) is 52.9 Å². The first-order valence-corrected chi connectivity index (χ1v) is 9.76. The van der Waals surface area contributed by atoms with Crippen LogP contribution in [-0.2, 0) is 14.9 Å². The topological polar surface area (TPSA) is 103 Å². The van der Waals surface area contributed by atoms with Crippen molar-refractivity contribution in [2.75, 3.05) is 6.61 Å². The molecule has 0 saturated heterocycles. The Morgan fingerprint density at radius 3 is 2.23 bits per heavy atom.